The van der Waals surface area contributed by atoms with Crippen LogP contribution in [0.4, 0.5) is 8.78 Å². The number of aryl methyl sites for hydroxylation is 2. The molecule has 3 aromatic carbocycles. The fourth-order valence-corrected chi connectivity index (χ4v) is 3.22. The first-order valence-corrected chi connectivity index (χ1v) is 10.8. The van der Waals surface area contributed by atoms with Crippen molar-refractivity contribution in [2.75, 3.05) is 0 Å². The molecule has 0 fully saturated rings. The van der Waals surface area contributed by atoms with Crippen LogP contribution in [-0.2, 0) is 12.8 Å². The van der Waals surface area contributed by atoms with Crippen LogP contribution in [0.1, 0.15) is 66.5 Å². The van der Waals surface area contributed by atoms with Gasteiger partial charge in [-0.05, 0) is 72.9 Å². The smallest absolute Gasteiger partial charge is 0.140 e. The zero-order valence-corrected chi connectivity index (χ0v) is 18.1. The average molecular weight is 413 g/mol. The van der Waals surface area contributed by atoms with Gasteiger partial charge in [0.1, 0.15) is 11.6 Å². The fourth-order valence-electron chi connectivity index (χ4n) is 3.22. The van der Waals surface area contributed by atoms with Crippen LogP contribution in [0.3, 0.4) is 0 Å². The van der Waals surface area contributed by atoms with Gasteiger partial charge in [0.25, 0.3) is 0 Å². The zero-order valence-electron chi connectivity index (χ0n) is 18.1. The first kappa shape index (κ1) is 22.3. The molecule has 0 radical (unpaired) electrons. The topological polar surface area (TPSA) is 0 Å². The summed E-state index contributed by atoms with van der Waals surface area (Å²) >= 11 is 0. The molecule has 0 bridgehead atoms. The Kier molecular flexibility index (Phi) is 8.03. The second-order valence-electron chi connectivity index (χ2n) is 7.51. The Morgan fingerprint density at radius 2 is 1.26 bits per heavy atom. The summed E-state index contributed by atoms with van der Waals surface area (Å²) in [4.78, 5) is 0. The molecule has 0 spiro atoms. The Balaban J connectivity index is 1.69. The summed E-state index contributed by atoms with van der Waals surface area (Å²) in [6.45, 7) is 4.10. The molecule has 31 heavy (non-hydrogen) atoms. The van der Waals surface area contributed by atoms with Crippen LogP contribution in [0, 0.1) is 35.3 Å². The maximum atomic E-state index is 14.4. The van der Waals surface area contributed by atoms with Crippen LogP contribution in [0.15, 0.2) is 60.7 Å². The molecule has 0 heterocycles. The van der Waals surface area contributed by atoms with E-state index in [4.69, 9.17) is 0 Å². The predicted molar refractivity (Wildman–Crippen MR) is 124 cm³/mol. The normalized spacial score (nSPS) is 10.1. The van der Waals surface area contributed by atoms with Crippen molar-refractivity contribution in [3.05, 3.63) is 106 Å². The van der Waals surface area contributed by atoms with Gasteiger partial charge >= 0.3 is 0 Å². The Morgan fingerprint density at radius 1 is 0.645 bits per heavy atom. The van der Waals surface area contributed by atoms with Crippen LogP contribution in [0.25, 0.3) is 0 Å². The molecule has 3 aromatic rings. The molecule has 0 aliphatic rings. The van der Waals surface area contributed by atoms with E-state index in [1.807, 2.05) is 19.1 Å². The van der Waals surface area contributed by atoms with E-state index < -0.39 is 5.82 Å². The Hall–Kier alpha value is -3.36. The molecule has 3 rings (SSSR count). The first-order valence-electron chi connectivity index (χ1n) is 10.8. The highest BCUT2D eigenvalue weighted by Crippen LogP contribution is 2.13. The van der Waals surface area contributed by atoms with Crippen molar-refractivity contribution in [1.82, 2.24) is 0 Å². The monoisotopic (exact) mass is 412 g/mol. The predicted octanol–water partition coefficient (Wildman–Crippen LogP) is 7.06. The van der Waals surface area contributed by atoms with E-state index in [-0.39, 0.29) is 11.4 Å². The molecule has 0 saturated carbocycles. The highest BCUT2D eigenvalue weighted by molar-refractivity contribution is 5.49. The van der Waals surface area contributed by atoms with Crippen molar-refractivity contribution in [2.45, 2.75) is 46.0 Å². The van der Waals surface area contributed by atoms with Crippen LogP contribution >= 0.6 is 0 Å². The van der Waals surface area contributed by atoms with Crippen molar-refractivity contribution in [3.8, 4) is 23.7 Å². The van der Waals surface area contributed by atoms with E-state index >= 15 is 0 Å². The number of rotatable bonds is 5. The Morgan fingerprint density at radius 3 is 1.90 bits per heavy atom. The molecule has 0 aliphatic carbocycles. The van der Waals surface area contributed by atoms with Crippen LogP contribution in [0.2, 0.25) is 0 Å². The summed E-state index contributed by atoms with van der Waals surface area (Å²) in [5.74, 6) is 11.0. The van der Waals surface area contributed by atoms with Gasteiger partial charge < -0.3 is 0 Å². The number of unbranched alkanes of at least 4 members (excludes halogenated alkanes) is 2. The van der Waals surface area contributed by atoms with Crippen LogP contribution < -0.4 is 0 Å². The van der Waals surface area contributed by atoms with Crippen molar-refractivity contribution in [3.63, 3.8) is 0 Å². The zero-order chi connectivity index (χ0) is 22.1. The minimum Gasteiger partial charge on any atom is -0.207 e. The van der Waals surface area contributed by atoms with Crippen LogP contribution in [0.5, 0.6) is 0 Å². The molecule has 2 heteroatoms. The lowest BCUT2D eigenvalue weighted by Gasteiger charge is -2.00. The van der Waals surface area contributed by atoms with Gasteiger partial charge in [-0.3, -0.25) is 0 Å². The second kappa shape index (κ2) is 11.1. The van der Waals surface area contributed by atoms with E-state index in [2.05, 4.69) is 42.7 Å². The first-order chi connectivity index (χ1) is 15.1. The van der Waals surface area contributed by atoms with E-state index in [9.17, 15) is 8.78 Å². The fraction of sp³-hybridized carbons (Fsp3) is 0.241. The molecule has 0 saturated heterocycles. The largest absolute Gasteiger partial charge is 0.207 e. The maximum absolute atomic E-state index is 14.4. The van der Waals surface area contributed by atoms with Gasteiger partial charge in [-0.25, -0.2) is 8.78 Å². The third kappa shape index (κ3) is 6.56. The molecule has 0 unspecified atom stereocenters. The average Bonchev–Trinajstić information content (AvgIpc) is 2.78. The lowest BCUT2D eigenvalue weighted by atomic mass is 10.1. The minimum atomic E-state index is -0.434. The van der Waals surface area contributed by atoms with E-state index in [1.54, 1.807) is 24.3 Å². The van der Waals surface area contributed by atoms with Gasteiger partial charge in [0, 0.05) is 16.7 Å². The summed E-state index contributed by atoms with van der Waals surface area (Å²) < 4.78 is 28.3. The van der Waals surface area contributed by atoms with Crippen molar-refractivity contribution in [1.29, 1.82) is 0 Å². The highest BCUT2D eigenvalue weighted by atomic mass is 19.1. The molecular formula is C29H26F2. The number of benzene rings is 3. The summed E-state index contributed by atoms with van der Waals surface area (Å²) in [5.41, 5.74) is 4.25. The van der Waals surface area contributed by atoms with E-state index in [1.165, 1.54) is 37.0 Å². The molecule has 0 amide bonds. The van der Waals surface area contributed by atoms with Crippen LogP contribution in [-0.4, -0.2) is 0 Å². The SMILES string of the molecule is CCCCCc1ccc(C#Cc2ccc(C#Cc3ccc(CC)c(F)c3)c(F)c2)cc1. The van der Waals surface area contributed by atoms with Crippen molar-refractivity contribution >= 4 is 0 Å². The third-order valence-electron chi connectivity index (χ3n) is 5.12. The minimum absolute atomic E-state index is 0.266. The van der Waals surface area contributed by atoms with Gasteiger partial charge in [0.2, 0.25) is 0 Å². The molecule has 0 aromatic heterocycles. The molecule has 0 N–H and O–H groups in total. The lowest BCUT2D eigenvalue weighted by molar-refractivity contribution is 0.612. The van der Waals surface area contributed by atoms with Gasteiger partial charge in [-0.15, -0.1) is 0 Å². The van der Waals surface area contributed by atoms with E-state index in [0.717, 1.165) is 12.0 Å². The molecule has 0 aliphatic heterocycles. The molecule has 156 valence electrons. The second-order valence-corrected chi connectivity index (χ2v) is 7.51. The van der Waals surface area contributed by atoms with E-state index in [0.29, 0.717) is 23.1 Å². The lowest BCUT2D eigenvalue weighted by Crippen LogP contribution is -1.89. The molecule has 0 nitrogen and oxygen atoms in total. The summed E-state index contributed by atoms with van der Waals surface area (Å²) in [6, 6.07) is 17.8. The maximum Gasteiger partial charge on any atom is 0.140 e. The van der Waals surface area contributed by atoms with Crippen molar-refractivity contribution < 1.29 is 8.78 Å². The summed E-state index contributed by atoms with van der Waals surface area (Å²) in [5, 5.41) is 0. The Bertz CT molecular complexity index is 1150. The van der Waals surface area contributed by atoms with Gasteiger partial charge in [-0.2, -0.15) is 0 Å². The Labute approximate surface area is 184 Å². The van der Waals surface area contributed by atoms with Gasteiger partial charge in [0.15, 0.2) is 0 Å². The molecule has 0 atom stereocenters. The van der Waals surface area contributed by atoms with Gasteiger partial charge in [-0.1, -0.05) is 68.6 Å². The number of hydrogen-bond donors (Lipinski definition) is 0. The quantitative estimate of drug-likeness (QED) is 0.311. The van der Waals surface area contributed by atoms with Gasteiger partial charge in [0.05, 0.1) is 5.56 Å². The number of hydrogen-bond acceptors (Lipinski definition) is 0. The standard InChI is InChI=1S/C29H26F2/c1-3-5-6-7-22-8-10-23(11-9-22)12-13-24-15-18-27(29(31)21-24)19-16-25-14-17-26(4-2)28(30)20-25/h8-11,14-15,17-18,20-21H,3-7H2,1-2H3. The summed E-state index contributed by atoms with van der Waals surface area (Å²) in [6.07, 6.45) is 5.38. The van der Waals surface area contributed by atoms with Crippen molar-refractivity contribution in [2.24, 2.45) is 0 Å². The summed E-state index contributed by atoms with van der Waals surface area (Å²) in [7, 11) is 0. The highest BCUT2D eigenvalue weighted by Gasteiger charge is 2.02. The number of halogens is 2. The third-order valence-corrected chi connectivity index (χ3v) is 5.12. The molecular weight excluding hydrogens is 386 g/mol.